The maximum Gasteiger partial charge on any atom is 0.227 e. The van der Waals surface area contributed by atoms with Gasteiger partial charge < -0.3 is 5.73 Å². The summed E-state index contributed by atoms with van der Waals surface area (Å²) in [4.78, 5) is 0. The zero-order valence-electron chi connectivity index (χ0n) is 10.6. The third-order valence-corrected chi connectivity index (χ3v) is 4.04. The minimum atomic E-state index is -3.63. The van der Waals surface area contributed by atoms with Crippen LogP contribution in [0.5, 0.6) is 0 Å². The molecule has 100 valence electrons. The van der Waals surface area contributed by atoms with E-state index < -0.39 is 15.3 Å². The first kappa shape index (κ1) is 15.2. The molecule has 19 heavy (non-hydrogen) atoms. The van der Waals surface area contributed by atoms with Gasteiger partial charge in [-0.25, -0.2) is 13.1 Å². The van der Waals surface area contributed by atoms with Gasteiger partial charge in [0, 0.05) is 12.1 Å². The lowest BCUT2D eigenvalue weighted by Crippen LogP contribution is -2.31. The number of nitrogens with two attached hydrogens (primary N) is 1. The average Bonchev–Trinajstić information content (AvgIpc) is 2.42. The molecule has 1 aromatic carbocycles. The summed E-state index contributed by atoms with van der Waals surface area (Å²) >= 11 is 0. The van der Waals surface area contributed by atoms with Gasteiger partial charge in [0.15, 0.2) is 5.25 Å². The number of nitriles is 1. The molecule has 0 radical (unpaired) electrons. The molecule has 0 fully saturated rings. The van der Waals surface area contributed by atoms with Crippen molar-refractivity contribution in [3.8, 4) is 17.9 Å². The van der Waals surface area contributed by atoms with Crippen molar-refractivity contribution in [3.05, 3.63) is 35.4 Å². The lowest BCUT2D eigenvalue weighted by Gasteiger charge is -2.09. The molecule has 0 aliphatic rings. The van der Waals surface area contributed by atoms with Crippen molar-refractivity contribution in [2.75, 3.05) is 6.54 Å². The summed E-state index contributed by atoms with van der Waals surface area (Å²) in [5.74, 6) is 5.60. The monoisotopic (exact) mass is 277 g/mol. The Morgan fingerprint density at radius 2 is 2.11 bits per heavy atom. The van der Waals surface area contributed by atoms with Crippen LogP contribution in [-0.4, -0.2) is 20.2 Å². The van der Waals surface area contributed by atoms with Crippen LogP contribution in [0.15, 0.2) is 24.3 Å². The van der Waals surface area contributed by atoms with E-state index in [-0.39, 0.29) is 13.1 Å². The van der Waals surface area contributed by atoms with Crippen LogP contribution in [0.1, 0.15) is 18.1 Å². The molecule has 0 aliphatic heterocycles. The highest BCUT2D eigenvalue weighted by Gasteiger charge is 2.19. The molecule has 1 rings (SSSR count). The summed E-state index contributed by atoms with van der Waals surface area (Å²) in [7, 11) is -3.63. The molecule has 0 heterocycles. The highest BCUT2D eigenvalue weighted by atomic mass is 32.2. The lowest BCUT2D eigenvalue weighted by atomic mass is 10.1. The fraction of sp³-hybridized carbons (Fsp3) is 0.308. The number of hydrogen-bond acceptors (Lipinski definition) is 4. The minimum absolute atomic E-state index is 0.101. The van der Waals surface area contributed by atoms with E-state index in [1.54, 1.807) is 24.3 Å². The third kappa shape index (κ3) is 4.38. The Hall–Kier alpha value is -1.86. The van der Waals surface area contributed by atoms with Crippen molar-refractivity contribution in [2.45, 2.75) is 18.7 Å². The second-order valence-electron chi connectivity index (χ2n) is 3.80. The topological polar surface area (TPSA) is 96.0 Å². The molecular weight excluding hydrogens is 262 g/mol. The molecule has 1 atom stereocenters. The Labute approximate surface area is 113 Å². The molecule has 0 aromatic heterocycles. The van der Waals surface area contributed by atoms with E-state index in [0.717, 1.165) is 11.1 Å². The maximum absolute atomic E-state index is 11.7. The van der Waals surface area contributed by atoms with E-state index in [4.69, 9.17) is 11.0 Å². The first-order valence-corrected chi connectivity index (χ1v) is 7.21. The first-order chi connectivity index (χ1) is 9.01. The Kier molecular flexibility index (Phi) is 5.53. The first-order valence-electron chi connectivity index (χ1n) is 5.66. The number of rotatable bonds is 4. The Bertz CT molecular complexity index is 636. The van der Waals surface area contributed by atoms with E-state index in [1.807, 2.05) is 6.07 Å². The van der Waals surface area contributed by atoms with E-state index in [0.29, 0.717) is 0 Å². The van der Waals surface area contributed by atoms with Crippen LogP contribution in [-0.2, 0) is 16.6 Å². The van der Waals surface area contributed by atoms with E-state index in [1.165, 1.54) is 6.92 Å². The smallest absolute Gasteiger partial charge is 0.227 e. The summed E-state index contributed by atoms with van der Waals surface area (Å²) < 4.78 is 25.7. The maximum atomic E-state index is 11.7. The van der Waals surface area contributed by atoms with Gasteiger partial charge in [0.2, 0.25) is 10.0 Å². The van der Waals surface area contributed by atoms with Crippen molar-refractivity contribution in [1.82, 2.24) is 4.72 Å². The van der Waals surface area contributed by atoms with Crippen molar-refractivity contribution in [2.24, 2.45) is 5.73 Å². The van der Waals surface area contributed by atoms with Gasteiger partial charge in [-0.2, -0.15) is 5.26 Å². The molecule has 0 amide bonds. The molecule has 5 nitrogen and oxygen atoms in total. The van der Waals surface area contributed by atoms with Crippen LogP contribution in [0.25, 0.3) is 0 Å². The number of hydrogen-bond donors (Lipinski definition) is 2. The second-order valence-corrected chi connectivity index (χ2v) is 5.89. The second kappa shape index (κ2) is 6.91. The zero-order chi connectivity index (χ0) is 14.3. The molecule has 3 N–H and O–H groups in total. The van der Waals surface area contributed by atoms with Gasteiger partial charge in [0.1, 0.15) is 0 Å². The highest BCUT2D eigenvalue weighted by molar-refractivity contribution is 7.90. The van der Waals surface area contributed by atoms with Gasteiger partial charge in [0.25, 0.3) is 0 Å². The summed E-state index contributed by atoms with van der Waals surface area (Å²) in [5.41, 5.74) is 6.78. The van der Waals surface area contributed by atoms with Crippen LogP contribution in [0, 0.1) is 23.2 Å². The largest absolute Gasteiger partial charge is 0.320 e. The predicted molar refractivity (Wildman–Crippen MR) is 73.2 cm³/mol. The quantitative estimate of drug-likeness (QED) is 0.775. The van der Waals surface area contributed by atoms with Crippen molar-refractivity contribution in [3.63, 3.8) is 0 Å². The van der Waals surface area contributed by atoms with Crippen molar-refractivity contribution in [1.29, 1.82) is 5.26 Å². The van der Waals surface area contributed by atoms with Crippen molar-refractivity contribution < 1.29 is 8.42 Å². The molecule has 1 aromatic rings. The highest BCUT2D eigenvalue weighted by Crippen LogP contribution is 2.08. The summed E-state index contributed by atoms with van der Waals surface area (Å²) in [5, 5.41) is 7.54. The van der Waals surface area contributed by atoms with E-state index >= 15 is 0 Å². The average molecular weight is 277 g/mol. The van der Waals surface area contributed by atoms with Crippen LogP contribution in [0.2, 0.25) is 0 Å². The molecule has 0 saturated heterocycles. The molecule has 0 saturated carbocycles. The summed E-state index contributed by atoms with van der Waals surface area (Å²) in [6.07, 6.45) is 0. The number of sulfonamides is 1. The van der Waals surface area contributed by atoms with Crippen molar-refractivity contribution >= 4 is 10.0 Å². The molecule has 6 heteroatoms. The minimum Gasteiger partial charge on any atom is -0.320 e. The Morgan fingerprint density at radius 3 is 2.74 bits per heavy atom. The molecule has 0 aliphatic carbocycles. The predicted octanol–water partition coefficient (Wildman–Crippen LogP) is 0.328. The Morgan fingerprint density at radius 1 is 1.42 bits per heavy atom. The standard InChI is InChI=1S/C13H15N3O2S/c1-11(9-15)19(17,18)16-10-13-6-3-2-5-12(13)7-4-8-14/h2-3,5-6,11,16H,8,10,14H2,1H3. The van der Waals surface area contributed by atoms with Crippen LogP contribution >= 0.6 is 0 Å². The summed E-state index contributed by atoms with van der Waals surface area (Å²) in [6, 6.07) is 8.88. The van der Waals surface area contributed by atoms with Gasteiger partial charge in [-0.05, 0) is 18.6 Å². The SMILES string of the molecule is CC(C#N)S(=O)(=O)NCc1ccccc1C#CCN. The van der Waals surface area contributed by atoms with Gasteiger partial charge in [-0.3, -0.25) is 0 Å². The van der Waals surface area contributed by atoms with Gasteiger partial charge in [0.05, 0.1) is 12.6 Å². The third-order valence-electron chi connectivity index (χ3n) is 2.45. The van der Waals surface area contributed by atoms with Gasteiger partial charge in [-0.1, -0.05) is 30.0 Å². The van der Waals surface area contributed by atoms with Crippen LogP contribution in [0.3, 0.4) is 0 Å². The number of nitrogens with zero attached hydrogens (tertiary/aromatic N) is 1. The number of benzene rings is 1. The summed E-state index contributed by atoms with van der Waals surface area (Å²) in [6.45, 7) is 1.68. The van der Waals surface area contributed by atoms with E-state index in [2.05, 4.69) is 16.6 Å². The van der Waals surface area contributed by atoms with Crippen LogP contribution < -0.4 is 10.5 Å². The van der Waals surface area contributed by atoms with Crippen LogP contribution in [0.4, 0.5) is 0 Å². The van der Waals surface area contributed by atoms with E-state index in [9.17, 15) is 8.42 Å². The normalized spacial score (nSPS) is 12.1. The molecular formula is C13H15N3O2S. The van der Waals surface area contributed by atoms with Gasteiger partial charge in [-0.15, -0.1) is 0 Å². The fourth-order valence-corrected chi connectivity index (χ4v) is 2.06. The van der Waals surface area contributed by atoms with Gasteiger partial charge >= 0.3 is 0 Å². The molecule has 0 spiro atoms. The molecule has 1 unspecified atom stereocenters. The Balaban J connectivity index is 2.88. The lowest BCUT2D eigenvalue weighted by molar-refractivity contribution is 0.577. The zero-order valence-corrected chi connectivity index (χ0v) is 11.4. The number of nitrogens with one attached hydrogen (secondary N) is 1. The fourth-order valence-electron chi connectivity index (χ4n) is 1.32. The molecule has 0 bridgehead atoms.